The number of hydrogen-bond donors (Lipinski definition) is 4. The van der Waals surface area contributed by atoms with Crippen LogP contribution in [0.25, 0.3) is 0 Å². The molecular formula is C28H36N6O4S. The van der Waals surface area contributed by atoms with Crippen LogP contribution in [0, 0.1) is 12.8 Å². The number of amides is 4. The second-order valence-electron chi connectivity index (χ2n) is 11.1. The van der Waals surface area contributed by atoms with Gasteiger partial charge in [0.15, 0.2) is 0 Å². The molecule has 4 heterocycles. The molecule has 1 aromatic rings. The Bertz CT molecular complexity index is 1220. The molecule has 4 fully saturated rings. The molecule has 4 amide bonds. The lowest BCUT2D eigenvalue weighted by Crippen LogP contribution is -2.62. The zero-order valence-corrected chi connectivity index (χ0v) is 23.0. The van der Waals surface area contributed by atoms with Crippen LogP contribution in [-0.4, -0.2) is 59.0 Å². The summed E-state index contributed by atoms with van der Waals surface area (Å²) in [5.74, 6) is 0.125. The van der Waals surface area contributed by atoms with Crippen LogP contribution in [-0.2, 0) is 9.59 Å². The smallest absolute Gasteiger partial charge is 0.326 e. The number of carbonyl (C=O) groups is 3. The van der Waals surface area contributed by atoms with Gasteiger partial charge in [0.05, 0.1) is 28.2 Å². The monoisotopic (exact) mass is 552 g/mol. The minimum atomic E-state index is -0.244. The number of nitrogens with one attached hydrogen (secondary N) is 4. The quantitative estimate of drug-likeness (QED) is 0.384. The second kappa shape index (κ2) is 10.8. The topological polar surface area (TPSA) is 125 Å². The zero-order chi connectivity index (χ0) is 27.1. The Morgan fingerprint density at radius 2 is 1.92 bits per heavy atom. The lowest BCUT2D eigenvalue weighted by atomic mass is 9.86. The average Bonchev–Trinajstić information content (AvgIpc) is 3.27. The van der Waals surface area contributed by atoms with Crippen LogP contribution in [0.15, 0.2) is 35.5 Å². The normalized spacial score (nSPS) is 30.1. The summed E-state index contributed by atoms with van der Waals surface area (Å²) < 4.78 is 5.97. The number of nitrogens with zero attached hydrogens (tertiary/aromatic N) is 2. The number of aryl methyl sites for hydroxylation is 1. The van der Waals surface area contributed by atoms with Crippen molar-refractivity contribution in [3.63, 3.8) is 0 Å². The molecular weight excluding hydrogens is 516 g/mol. The number of pyridine rings is 1. The van der Waals surface area contributed by atoms with Gasteiger partial charge >= 0.3 is 6.03 Å². The highest BCUT2D eigenvalue weighted by Gasteiger charge is 2.52. The number of rotatable bonds is 7. The third-order valence-corrected chi connectivity index (χ3v) is 9.95. The van der Waals surface area contributed by atoms with Crippen molar-refractivity contribution >= 4 is 35.3 Å². The number of hydrogen-bond acceptors (Lipinski definition) is 7. The van der Waals surface area contributed by atoms with E-state index >= 15 is 0 Å². The van der Waals surface area contributed by atoms with Gasteiger partial charge in [0.1, 0.15) is 6.10 Å². The molecule has 2 aliphatic carbocycles. The van der Waals surface area contributed by atoms with Gasteiger partial charge in [-0.25, -0.2) is 9.78 Å². The minimum Gasteiger partial charge on any atom is -0.474 e. The van der Waals surface area contributed by atoms with Crippen LogP contribution in [0.5, 0.6) is 5.88 Å². The van der Waals surface area contributed by atoms with Crippen molar-refractivity contribution in [1.82, 2.24) is 26.3 Å². The Hall–Kier alpha value is -3.05. The summed E-state index contributed by atoms with van der Waals surface area (Å²) in [7, 11) is 0. The van der Waals surface area contributed by atoms with E-state index in [1.54, 1.807) is 6.20 Å². The molecule has 3 aliphatic heterocycles. The van der Waals surface area contributed by atoms with Crippen LogP contribution >= 0.6 is 11.8 Å². The SMILES string of the molecule is C=CC(=O)N[C@H]1CCCC[C@H]1NC(=O)C1=C2NC(=O)N(c3cnc(OC4CCC4)cc3C)C3CCNC(S1)C23. The molecule has 6 rings (SSSR count). The van der Waals surface area contributed by atoms with E-state index in [0.29, 0.717) is 16.5 Å². The van der Waals surface area contributed by atoms with Crippen LogP contribution in [0.1, 0.15) is 56.9 Å². The number of carbonyl (C=O) groups excluding carboxylic acids is 3. The first-order chi connectivity index (χ1) is 18.9. The Kier molecular flexibility index (Phi) is 7.28. The molecule has 3 unspecified atom stereocenters. The third-order valence-electron chi connectivity index (χ3n) is 8.60. The first kappa shape index (κ1) is 26.2. The lowest BCUT2D eigenvalue weighted by molar-refractivity contribution is -0.120. The molecule has 0 aromatic carbocycles. The van der Waals surface area contributed by atoms with E-state index in [-0.39, 0.29) is 53.4 Å². The maximum atomic E-state index is 13.6. The molecule has 2 saturated heterocycles. The van der Waals surface area contributed by atoms with Crippen molar-refractivity contribution in [2.75, 3.05) is 11.4 Å². The minimum absolute atomic E-state index is 0.0142. The van der Waals surface area contributed by atoms with Crippen molar-refractivity contribution < 1.29 is 19.1 Å². The van der Waals surface area contributed by atoms with Crippen molar-refractivity contribution in [3.8, 4) is 5.88 Å². The molecule has 0 bridgehead atoms. The fourth-order valence-corrected chi connectivity index (χ4v) is 7.75. The standard InChI is InChI=1S/C28H36N6O4S/c1-3-21(35)31-17-9-4-5-10-18(17)32-26(36)25-24-23-19(11-12-29-27(23)39-25)34(28(37)33-24)20-14-30-22(13-15(20)2)38-16-7-6-8-16/h3,13-14,16-19,23,27,29H,1,4-12H2,2H3,(H,31,35)(H,32,36)(H,33,37)/t17-,18+,19?,23?,27?/m0/s1. The Morgan fingerprint density at radius 1 is 1.15 bits per heavy atom. The summed E-state index contributed by atoms with van der Waals surface area (Å²) in [5.41, 5.74) is 2.40. The molecule has 5 atom stereocenters. The maximum Gasteiger partial charge on any atom is 0.326 e. The van der Waals surface area contributed by atoms with Crippen molar-refractivity contribution in [3.05, 3.63) is 41.1 Å². The Labute approximate surface area is 232 Å². The van der Waals surface area contributed by atoms with Crippen LogP contribution in [0.2, 0.25) is 0 Å². The van der Waals surface area contributed by atoms with Crippen molar-refractivity contribution in [1.29, 1.82) is 0 Å². The highest BCUT2D eigenvalue weighted by Crippen LogP contribution is 2.48. The van der Waals surface area contributed by atoms with Gasteiger partial charge in [0.2, 0.25) is 11.8 Å². The fraction of sp³-hybridized carbons (Fsp3) is 0.571. The van der Waals surface area contributed by atoms with E-state index < -0.39 is 0 Å². The summed E-state index contributed by atoms with van der Waals surface area (Å²) >= 11 is 1.48. The molecule has 5 aliphatic rings. The van der Waals surface area contributed by atoms with Gasteiger partial charge < -0.3 is 26.0 Å². The lowest BCUT2D eigenvalue weighted by Gasteiger charge is -2.46. The zero-order valence-electron chi connectivity index (χ0n) is 22.2. The second-order valence-corrected chi connectivity index (χ2v) is 12.2. The van der Waals surface area contributed by atoms with E-state index in [0.717, 1.165) is 62.7 Å². The summed E-state index contributed by atoms with van der Waals surface area (Å²) in [6.45, 7) is 6.27. The summed E-state index contributed by atoms with van der Waals surface area (Å²) in [6, 6.07) is 1.28. The Balaban J connectivity index is 1.22. The van der Waals surface area contributed by atoms with Gasteiger partial charge in [-0.05, 0) is 63.6 Å². The van der Waals surface area contributed by atoms with Crippen LogP contribution in [0.3, 0.4) is 0 Å². The number of aromatic nitrogens is 1. The molecule has 0 radical (unpaired) electrons. The predicted octanol–water partition coefficient (Wildman–Crippen LogP) is 2.84. The molecule has 0 spiro atoms. The number of urea groups is 1. The summed E-state index contributed by atoms with van der Waals surface area (Å²) in [5, 5.41) is 12.7. The molecule has 11 heteroatoms. The molecule has 2 saturated carbocycles. The Morgan fingerprint density at radius 3 is 2.62 bits per heavy atom. The molecule has 39 heavy (non-hydrogen) atoms. The largest absolute Gasteiger partial charge is 0.474 e. The first-order valence-corrected chi connectivity index (χ1v) is 14.9. The van der Waals surface area contributed by atoms with E-state index in [1.165, 1.54) is 24.3 Å². The van der Waals surface area contributed by atoms with E-state index in [2.05, 4.69) is 32.8 Å². The van der Waals surface area contributed by atoms with Crippen molar-refractivity contribution in [2.24, 2.45) is 5.92 Å². The fourth-order valence-electron chi connectivity index (χ4n) is 6.35. The average molecular weight is 553 g/mol. The van der Waals surface area contributed by atoms with Crippen LogP contribution in [0.4, 0.5) is 10.5 Å². The molecule has 4 N–H and O–H groups in total. The molecule has 10 nitrogen and oxygen atoms in total. The van der Waals surface area contributed by atoms with Gasteiger partial charge in [-0.3, -0.25) is 14.5 Å². The van der Waals surface area contributed by atoms with Gasteiger partial charge in [-0.1, -0.05) is 31.2 Å². The highest BCUT2D eigenvalue weighted by atomic mass is 32.2. The van der Waals surface area contributed by atoms with Gasteiger partial charge in [0, 0.05) is 29.8 Å². The van der Waals surface area contributed by atoms with E-state index in [4.69, 9.17) is 4.74 Å². The van der Waals surface area contributed by atoms with Crippen LogP contribution < -0.4 is 30.9 Å². The number of piperidine rings is 1. The first-order valence-electron chi connectivity index (χ1n) is 14.0. The van der Waals surface area contributed by atoms with Gasteiger partial charge in [-0.2, -0.15) is 0 Å². The maximum absolute atomic E-state index is 13.6. The third kappa shape index (κ3) is 5.02. The summed E-state index contributed by atoms with van der Waals surface area (Å²) in [6.07, 6.45) is 10.9. The van der Waals surface area contributed by atoms with Gasteiger partial charge in [0.25, 0.3) is 5.91 Å². The van der Waals surface area contributed by atoms with E-state index in [9.17, 15) is 14.4 Å². The predicted molar refractivity (Wildman–Crippen MR) is 149 cm³/mol. The van der Waals surface area contributed by atoms with Gasteiger partial charge in [-0.15, -0.1) is 0 Å². The number of thioether (sulfide) groups is 1. The summed E-state index contributed by atoms with van der Waals surface area (Å²) in [4.78, 5) is 46.0. The molecule has 208 valence electrons. The highest BCUT2D eigenvalue weighted by molar-refractivity contribution is 8.04. The molecule has 1 aromatic heterocycles. The van der Waals surface area contributed by atoms with Crippen molar-refractivity contribution in [2.45, 2.75) is 87.9 Å². The number of ether oxygens (including phenoxy) is 1. The number of anilines is 1. The van der Waals surface area contributed by atoms with E-state index in [1.807, 2.05) is 17.9 Å².